The van der Waals surface area contributed by atoms with E-state index in [9.17, 15) is 14.9 Å². The van der Waals surface area contributed by atoms with Gasteiger partial charge in [0, 0.05) is 43.3 Å². The highest BCUT2D eigenvalue weighted by atomic mass is 79.9. The summed E-state index contributed by atoms with van der Waals surface area (Å²) >= 11 is 11.4. The van der Waals surface area contributed by atoms with E-state index in [1.165, 1.54) is 29.0 Å². The Kier molecular flexibility index (Phi) is 6.01. The van der Waals surface area contributed by atoms with Gasteiger partial charge in [0.25, 0.3) is 11.6 Å². The monoisotopic (exact) mass is 582 g/mol. The van der Waals surface area contributed by atoms with Gasteiger partial charge in [-0.15, -0.1) is 11.3 Å². The molecule has 8 heteroatoms. The van der Waals surface area contributed by atoms with Gasteiger partial charge >= 0.3 is 0 Å². The van der Waals surface area contributed by atoms with Crippen LogP contribution < -0.4 is 4.90 Å². The third-order valence-electron chi connectivity index (χ3n) is 7.08. The first-order chi connectivity index (χ1) is 16.9. The zero-order valence-corrected chi connectivity index (χ0v) is 23.4. The molecule has 36 heavy (non-hydrogen) atoms. The summed E-state index contributed by atoms with van der Waals surface area (Å²) in [5, 5.41) is 12.2. The number of nitrogens with zero attached hydrogens (tertiary/aromatic N) is 2. The molecule has 1 aliphatic rings. The summed E-state index contributed by atoms with van der Waals surface area (Å²) in [5.74, 6) is -0.197. The van der Waals surface area contributed by atoms with E-state index in [0.29, 0.717) is 26.4 Å². The van der Waals surface area contributed by atoms with Crippen LogP contribution in [0.3, 0.4) is 0 Å². The van der Waals surface area contributed by atoms with Crippen LogP contribution in [0.5, 0.6) is 0 Å². The number of nitro benzene ring substituents is 1. The molecule has 0 radical (unpaired) electrons. The van der Waals surface area contributed by atoms with Gasteiger partial charge in [0.15, 0.2) is 0 Å². The van der Waals surface area contributed by atoms with E-state index in [1.54, 1.807) is 6.07 Å². The average molecular weight is 584 g/mol. The van der Waals surface area contributed by atoms with Crippen molar-refractivity contribution in [3.8, 4) is 0 Å². The van der Waals surface area contributed by atoms with Gasteiger partial charge in [-0.2, -0.15) is 0 Å². The van der Waals surface area contributed by atoms with Crippen molar-refractivity contribution in [1.29, 1.82) is 0 Å². The van der Waals surface area contributed by atoms with Crippen molar-refractivity contribution in [2.75, 3.05) is 4.90 Å². The van der Waals surface area contributed by atoms with Crippen molar-refractivity contribution in [2.45, 2.75) is 45.1 Å². The highest BCUT2D eigenvalue weighted by Gasteiger charge is 2.48. The van der Waals surface area contributed by atoms with Gasteiger partial charge in [-0.1, -0.05) is 64.3 Å². The highest BCUT2D eigenvalue weighted by molar-refractivity contribution is 9.10. The number of carbonyl (C=O) groups excluding carboxylic acids is 1. The lowest BCUT2D eigenvalue weighted by molar-refractivity contribution is -0.384. The molecule has 0 spiro atoms. The molecule has 1 atom stereocenters. The molecule has 0 unspecified atom stereocenters. The molecule has 5 nitrogen and oxygen atoms in total. The van der Waals surface area contributed by atoms with Gasteiger partial charge in [-0.3, -0.25) is 14.9 Å². The zero-order valence-electron chi connectivity index (χ0n) is 20.3. The predicted molar refractivity (Wildman–Crippen MR) is 151 cm³/mol. The SMILES string of the molecule is Cc1ccc2c(c1)[C@@](C)(c1ccc(Br)cc1)CC(C)(C)N2C(=O)c1sc2cc([N+](=O)[O-])ccc2c1Cl. The maximum absolute atomic E-state index is 14.2. The Labute approximate surface area is 227 Å². The van der Waals surface area contributed by atoms with Crippen molar-refractivity contribution in [3.63, 3.8) is 0 Å². The number of hydrogen-bond donors (Lipinski definition) is 0. The van der Waals surface area contributed by atoms with E-state index >= 15 is 0 Å². The molecule has 1 aromatic heterocycles. The lowest BCUT2D eigenvalue weighted by atomic mass is 9.65. The van der Waals surface area contributed by atoms with Crippen LogP contribution in [0.4, 0.5) is 11.4 Å². The summed E-state index contributed by atoms with van der Waals surface area (Å²) in [6.07, 6.45) is 0.706. The topological polar surface area (TPSA) is 63.5 Å². The van der Waals surface area contributed by atoms with Crippen LogP contribution >= 0.6 is 38.9 Å². The van der Waals surface area contributed by atoms with Gasteiger partial charge in [0.05, 0.1) is 9.95 Å². The van der Waals surface area contributed by atoms with Crippen LogP contribution in [-0.4, -0.2) is 16.4 Å². The minimum absolute atomic E-state index is 0.0243. The van der Waals surface area contributed by atoms with Crippen molar-refractivity contribution >= 4 is 66.2 Å². The number of aryl methyl sites for hydroxylation is 1. The highest BCUT2D eigenvalue weighted by Crippen LogP contribution is 2.52. The maximum Gasteiger partial charge on any atom is 0.270 e. The van der Waals surface area contributed by atoms with Gasteiger partial charge in [0.1, 0.15) is 4.88 Å². The molecule has 0 saturated heterocycles. The molecule has 0 fully saturated rings. The van der Waals surface area contributed by atoms with Crippen LogP contribution in [0.2, 0.25) is 5.02 Å². The first-order valence-electron chi connectivity index (χ1n) is 11.5. The summed E-state index contributed by atoms with van der Waals surface area (Å²) in [7, 11) is 0. The van der Waals surface area contributed by atoms with Crippen molar-refractivity contribution in [2.24, 2.45) is 0 Å². The van der Waals surface area contributed by atoms with Crippen molar-refractivity contribution in [1.82, 2.24) is 0 Å². The van der Waals surface area contributed by atoms with Crippen LogP contribution in [-0.2, 0) is 5.41 Å². The second-order valence-electron chi connectivity index (χ2n) is 10.2. The van der Waals surface area contributed by atoms with E-state index in [0.717, 1.165) is 21.3 Å². The Balaban J connectivity index is 1.68. The lowest BCUT2D eigenvalue weighted by Gasteiger charge is -2.51. The van der Waals surface area contributed by atoms with Gasteiger partial charge in [-0.25, -0.2) is 0 Å². The first-order valence-corrected chi connectivity index (χ1v) is 13.5. The maximum atomic E-state index is 14.2. The lowest BCUT2D eigenvalue weighted by Crippen LogP contribution is -2.55. The first kappa shape index (κ1) is 24.9. The smallest absolute Gasteiger partial charge is 0.270 e. The molecule has 4 aromatic rings. The molecule has 0 N–H and O–H groups in total. The minimum Gasteiger partial charge on any atom is -0.302 e. The van der Waals surface area contributed by atoms with E-state index < -0.39 is 10.5 Å². The number of anilines is 1. The van der Waals surface area contributed by atoms with Crippen LogP contribution in [0, 0.1) is 17.0 Å². The van der Waals surface area contributed by atoms with E-state index in [-0.39, 0.29) is 17.0 Å². The average Bonchev–Trinajstić information content (AvgIpc) is 3.15. The zero-order chi connectivity index (χ0) is 26.0. The third-order valence-corrected chi connectivity index (χ3v) is 9.26. The number of hydrogen-bond acceptors (Lipinski definition) is 4. The van der Waals surface area contributed by atoms with E-state index in [1.807, 2.05) is 17.0 Å². The standard InChI is InChI=1S/C28H24BrClN2O3S/c1-16-5-12-22-21(13-16)28(4,17-6-8-18(29)9-7-17)15-27(2,3)31(22)26(33)25-24(30)20-11-10-19(32(34)35)14-23(20)36-25/h5-14H,15H2,1-4H3/t28-/m1/s1. The van der Waals surface area contributed by atoms with Gasteiger partial charge < -0.3 is 4.90 Å². The van der Waals surface area contributed by atoms with Gasteiger partial charge in [-0.05, 0) is 62.6 Å². The number of benzene rings is 3. The molecule has 0 bridgehead atoms. The molecular formula is C28H24BrClN2O3S. The van der Waals surface area contributed by atoms with Crippen molar-refractivity contribution in [3.05, 3.63) is 102 Å². The predicted octanol–water partition coefficient (Wildman–Crippen LogP) is 8.67. The quantitative estimate of drug-likeness (QED) is 0.179. The number of thiophene rings is 1. The Hall–Kier alpha value is -2.74. The summed E-state index contributed by atoms with van der Waals surface area (Å²) in [6.45, 7) is 8.46. The molecule has 184 valence electrons. The van der Waals surface area contributed by atoms with E-state index in [4.69, 9.17) is 11.6 Å². The fourth-order valence-electron chi connectivity index (χ4n) is 5.52. The second kappa shape index (κ2) is 8.68. The minimum atomic E-state index is -0.535. The van der Waals surface area contributed by atoms with Crippen LogP contribution in [0.1, 0.15) is 53.6 Å². The fraction of sp³-hybridized carbons (Fsp3) is 0.250. The normalized spacial score (nSPS) is 18.8. The molecule has 1 aliphatic heterocycles. The number of halogens is 2. The molecule has 0 aliphatic carbocycles. The number of amides is 1. The van der Waals surface area contributed by atoms with Crippen LogP contribution in [0.25, 0.3) is 10.1 Å². The number of carbonyl (C=O) groups is 1. The largest absolute Gasteiger partial charge is 0.302 e. The molecular weight excluding hydrogens is 560 g/mol. The second-order valence-corrected chi connectivity index (χ2v) is 12.5. The van der Waals surface area contributed by atoms with Gasteiger partial charge in [0.2, 0.25) is 0 Å². The summed E-state index contributed by atoms with van der Waals surface area (Å²) in [5.41, 5.74) is 3.38. The molecule has 0 saturated carbocycles. The Morgan fingerprint density at radius 3 is 2.44 bits per heavy atom. The Morgan fingerprint density at radius 2 is 1.78 bits per heavy atom. The Morgan fingerprint density at radius 1 is 1.08 bits per heavy atom. The number of non-ortho nitro benzene ring substituents is 1. The number of fused-ring (bicyclic) bond motifs is 2. The van der Waals surface area contributed by atoms with E-state index in [2.05, 4.69) is 74.0 Å². The Bertz CT molecular complexity index is 1550. The molecule has 3 aromatic carbocycles. The summed E-state index contributed by atoms with van der Waals surface area (Å²) < 4.78 is 1.64. The van der Waals surface area contributed by atoms with Crippen LogP contribution in [0.15, 0.2) is 65.1 Å². The van der Waals surface area contributed by atoms with Crippen molar-refractivity contribution < 1.29 is 9.72 Å². The number of nitro groups is 1. The fourth-order valence-corrected chi connectivity index (χ4v) is 7.26. The number of rotatable bonds is 3. The third kappa shape index (κ3) is 3.94. The molecule has 2 heterocycles. The summed E-state index contributed by atoms with van der Waals surface area (Å²) in [4.78, 5) is 27.2. The summed E-state index contributed by atoms with van der Waals surface area (Å²) in [6, 6.07) is 19.1. The molecule has 1 amide bonds. The molecule has 5 rings (SSSR count).